The molecule has 2 rings (SSSR count). The fourth-order valence-corrected chi connectivity index (χ4v) is 2.07. The number of rotatable bonds is 1. The van der Waals surface area contributed by atoms with Crippen LogP contribution in [0.25, 0.3) is 0 Å². The van der Waals surface area contributed by atoms with Crippen molar-refractivity contribution >= 4 is 15.9 Å². The van der Waals surface area contributed by atoms with Gasteiger partial charge in [0.15, 0.2) is 0 Å². The third kappa shape index (κ3) is 1.23. The monoisotopic (exact) mass is 227 g/mol. The largest absolute Gasteiger partial charge is 0.508 e. The van der Waals surface area contributed by atoms with Gasteiger partial charge in [-0.1, -0.05) is 22.0 Å². The zero-order valence-corrected chi connectivity index (χ0v) is 8.13. The molecule has 0 amide bonds. The number of hydrogen-bond donors (Lipinski definition) is 2. The second kappa shape index (κ2) is 2.47. The van der Waals surface area contributed by atoms with Gasteiger partial charge in [0.05, 0.1) is 0 Å². The van der Waals surface area contributed by atoms with E-state index in [1.54, 1.807) is 12.1 Å². The smallest absolute Gasteiger partial charge is 0.116 e. The van der Waals surface area contributed by atoms with E-state index < -0.39 is 0 Å². The molecule has 3 heteroatoms. The van der Waals surface area contributed by atoms with Gasteiger partial charge >= 0.3 is 0 Å². The van der Waals surface area contributed by atoms with Crippen molar-refractivity contribution in [3.8, 4) is 5.75 Å². The van der Waals surface area contributed by atoms with Crippen molar-refractivity contribution in [2.45, 2.75) is 18.4 Å². The highest BCUT2D eigenvalue weighted by atomic mass is 79.9. The molecule has 0 spiro atoms. The van der Waals surface area contributed by atoms with Gasteiger partial charge in [-0.15, -0.1) is 0 Å². The Morgan fingerprint density at radius 3 is 2.58 bits per heavy atom. The SMILES string of the molecule is NC1(c2ccc(O)cc2Br)CC1. The van der Waals surface area contributed by atoms with Crippen LogP contribution in [0.4, 0.5) is 0 Å². The second-order valence-electron chi connectivity index (χ2n) is 3.32. The number of phenols is 1. The molecule has 0 saturated heterocycles. The number of nitrogens with two attached hydrogens (primary N) is 1. The van der Waals surface area contributed by atoms with Gasteiger partial charge in [0.25, 0.3) is 0 Å². The fourth-order valence-electron chi connectivity index (χ4n) is 1.31. The molecule has 0 atom stereocenters. The number of benzene rings is 1. The summed E-state index contributed by atoms with van der Waals surface area (Å²) in [7, 11) is 0. The van der Waals surface area contributed by atoms with Crippen LogP contribution in [0.5, 0.6) is 5.75 Å². The maximum Gasteiger partial charge on any atom is 0.116 e. The highest BCUT2D eigenvalue weighted by molar-refractivity contribution is 9.10. The lowest BCUT2D eigenvalue weighted by Gasteiger charge is -2.11. The molecule has 2 nitrogen and oxygen atoms in total. The van der Waals surface area contributed by atoms with Crippen molar-refractivity contribution in [2.75, 3.05) is 0 Å². The molecular weight excluding hydrogens is 218 g/mol. The molecular formula is C9H10BrNO. The second-order valence-corrected chi connectivity index (χ2v) is 4.17. The first-order valence-electron chi connectivity index (χ1n) is 3.90. The van der Waals surface area contributed by atoms with Gasteiger partial charge in [-0.25, -0.2) is 0 Å². The maximum atomic E-state index is 9.15. The third-order valence-electron chi connectivity index (χ3n) is 2.28. The van der Waals surface area contributed by atoms with Gasteiger partial charge in [0.2, 0.25) is 0 Å². The van der Waals surface area contributed by atoms with Crippen molar-refractivity contribution in [2.24, 2.45) is 5.73 Å². The van der Waals surface area contributed by atoms with E-state index >= 15 is 0 Å². The summed E-state index contributed by atoms with van der Waals surface area (Å²) in [6.45, 7) is 0. The average Bonchev–Trinajstić information content (AvgIpc) is 2.68. The summed E-state index contributed by atoms with van der Waals surface area (Å²) in [6.07, 6.45) is 2.08. The van der Waals surface area contributed by atoms with Crippen LogP contribution in [0, 0.1) is 0 Å². The van der Waals surface area contributed by atoms with E-state index in [0.29, 0.717) is 0 Å². The standard InChI is InChI=1S/C9H10BrNO/c10-8-5-6(12)1-2-7(8)9(11)3-4-9/h1-2,5,12H,3-4,11H2. The normalized spacial score (nSPS) is 19.2. The number of aromatic hydroxyl groups is 1. The van der Waals surface area contributed by atoms with Crippen LogP contribution in [-0.2, 0) is 5.54 Å². The lowest BCUT2D eigenvalue weighted by Crippen LogP contribution is -2.18. The topological polar surface area (TPSA) is 46.2 Å². The Balaban J connectivity index is 2.45. The highest BCUT2D eigenvalue weighted by Crippen LogP contribution is 2.45. The van der Waals surface area contributed by atoms with Crippen molar-refractivity contribution in [3.63, 3.8) is 0 Å². The van der Waals surface area contributed by atoms with Crippen molar-refractivity contribution in [3.05, 3.63) is 28.2 Å². The minimum Gasteiger partial charge on any atom is -0.508 e. The summed E-state index contributed by atoms with van der Waals surface area (Å²) in [5.41, 5.74) is 6.97. The summed E-state index contributed by atoms with van der Waals surface area (Å²) < 4.78 is 0.905. The van der Waals surface area contributed by atoms with Gasteiger partial charge < -0.3 is 10.8 Å². The van der Waals surface area contributed by atoms with Crippen LogP contribution in [0.15, 0.2) is 22.7 Å². The molecule has 1 aromatic rings. The van der Waals surface area contributed by atoms with E-state index in [4.69, 9.17) is 10.8 Å². The molecule has 0 aromatic heterocycles. The summed E-state index contributed by atoms with van der Waals surface area (Å²) in [5.74, 6) is 0.273. The molecule has 12 heavy (non-hydrogen) atoms. The molecule has 1 aliphatic carbocycles. The van der Waals surface area contributed by atoms with Gasteiger partial charge in [0, 0.05) is 10.0 Å². The summed E-state index contributed by atoms with van der Waals surface area (Å²) in [6, 6.07) is 5.24. The van der Waals surface area contributed by atoms with E-state index in [1.807, 2.05) is 6.07 Å². The average molecular weight is 228 g/mol. The summed E-state index contributed by atoms with van der Waals surface area (Å²) >= 11 is 3.38. The quantitative estimate of drug-likeness (QED) is 0.773. The predicted octanol–water partition coefficient (Wildman–Crippen LogP) is 2.10. The number of hydrogen-bond acceptors (Lipinski definition) is 2. The molecule has 1 fully saturated rings. The highest BCUT2D eigenvalue weighted by Gasteiger charge is 2.41. The van der Waals surface area contributed by atoms with Gasteiger partial charge in [-0.2, -0.15) is 0 Å². The van der Waals surface area contributed by atoms with Crippen LogP contribution >= 0.6 is 15.9 Å². The number of phenolic OH excluding ortho intramolecular Hbond substituents is 1. The first-order valence-corrected chi connectivity index (χ1v) is 4.69. The Labute approximate surface area is 79.5 Å². The van der Waals surface area contributed by atoms with Crippen LogP contribution in [0.2, 0.25) is 0 Å². The fraction of sp³-hybridized carbons (Fsp3) is 0.333. The first-order chi connectivity index (χ1) is 5.62. The Morgan fingerprint density at radius 2 is 2.08 bits per heavy atom. The molecule has 1 saturated carbocycles. The molecule has 1 aliphatic rings. The van der Waals surface area contributed by atoms with Crippen LogP contribution in [0.3, 0.4) is 0 Å². The van der Waals surface area contributed by atoms with Gasteiger partial charge in [0.1, 0.15) is 5.75 Å². The lowest BCUT2D eigenvalue weighted by molar-refractivity contribution is 0.474. The molecule has 0 bridgehead atoms. The minimum atomic E-state index is -0.132. The molecule has 0 heterocycles. The van der Waals surface area contributed by atoms with Crippen LogP contribution in [0.1, 0.15) is 18.4 Å². The van der Waals surface area contributed by atoms with Crippen LogP contribution in [-0.4, -0.2) is 5.11 Å². The van der Waals surface area contributed by atoms with Crippen molar-refractivity contribution in [1.29, 1.82) is 0 Å². The summed E-state index contributed by atoms with van der Waals surface area (Å²) in [4.78, 5) is 0. The predicted molar refractivity (Wildman–Crippen MR) is 50.9 cm³/mol. The third-order valence-corrected chi connectivity index (χ3v) is 2.93. The van der Waals surface area contributed by atoms with E-state index in [9.17, 15) is 0 Å². The first kappa shape index (κ1) is 8.08. The Kier molecular flexibility index (Phi) is 1.66. The van der Waals surface area contributed by atoms with Crippen LogP contribution < -0.4 is 5.73 Å². The van der Waals surface area contributed by atoms with Gasteiger partial charge in [-0.3, -0.25) is 0 Å². The molecule has 3 N–H and O–H groups in total. The van der Waals surface area contributed by atoms with E-state index in [0.717, 1.165) is 22.9 Å². The molecule has 1 aromatic carbocycles. The van der Waals surface area contributed by atoms with E-state index in [-0.39, 0.29) is 11.3 Å². The minimum absolute atomic E-state index is 0.132. The van der Waals surface area contributed by atoms with E-state index in [1.165, 1.54) is 0 Å². The molecule has 0 radical (unpaired) electrons. The Hall–Kier alpha value is -0.540. The molecule has 64 valence electrons. The van der Waals surface area contributed by atoms with Crippen molar-refractivity contribution < 1.29 is 5.11 Å². The van der Waals surface area contributed by atoms with E-state index in [2.05, 4.69) is 15.9 Å². The Bertz CT molecular complexity index is 320. The number of halogens is 1. The van der Waals surface area contributed by atoms with Crippen molar-refractivity contribution in [1.82, 2.24) is 0 Å². The zero-order valence-electron chi connectivity index (χ0n) is 6.55. The van der Waals surface area contributed by atoms with Gasteiger partial charge in [-0.05, 0) is 30.5 Å². The summed E-state index contributed by atoms with van der Waals surface area (Å²) in [5, 5.41) is 9.15. The molecule has 0 aliphatic heterocycles. The maximum absolute atomic E-state index is 9.15. The zero-order chi connectivity index (χ0) is 8.77. The Morgan fingerprint density at radius 1 is 1.42 bits per heavy atom. The molecule has 0 unspecified atom stereocenters. The lowest BCUT2D eigenvalue weighted by atomic mass is 10.1.